The highest BCUT2D eigenvalue weighted by atomic mass is 79.9. The molecular formula is C14H16BrNO3. The number of Topliss-reactive ketones (excluding diaryl/α,β-unsaturated/α-hetero) is 1. The van der Waals surface area contributed by atoms with Crippen LogP contribution in [0.4, 0.5) is 0 Å². The van der Waals surface area contributed by atoms with Crippen molar-refractivity contribution < 1.29 is 9.72 Å². The number of nitro groups is 1. The van der Waals surface area contributed by atoms with E-state index in [4.69, 9.17) is 0 Å². The van der Waals surface area contributed by atoms with Crippen LogP contribution in [0.1, 0.15) is 19.4 Å². The van der Waals surface area contributed by atoms with Crippen LogP contribution in [0, 0.1) is 22.0 Å². The van der Waals surface area contributed by atoms with Gasteiger partial charge in [0.25, 0.3) is 0 Å². The average molecular weight is 326 g/mol. The molecule has 0 heterocycles. The summed E-state index contributed by atoms with van der Waals surface area (Å²) in [5.41, 5.74) is 0.943. The molecule has 0 aliphatic heterocycles. The maximum absolute atomic E-state index is 11.5. The van der Waals surface area contributed by atoms with E-state index in [1.54, 1.807) is 6.92 Å². The van der Waals surface area contributed by atoms with Crippen LogP contribution in [-0.2, 0) is 4.79 Å². The van der Waals surface area contributed by atoms with Gasteiger partial charge in [0.1, 0.15) is 5.78 Å². The van der Waals surface area contributed by atoms with E-state index in [1.807, 2.05) is 36.4 Å². The zero-order valence-corrected chi connectivity index (χ0v) is 12.5. The lowest BCUT2D eigenvalue weighted by atomic mass is 9.90. The maximum atomic E-state index is 11.5. The van der Waals surface area contributed by atoms with Crippen LogP contribution in [0.3, 0.4) is 0 Å². The summed E-state index contributed by atoms with van der Waals surface area (Å²) in [6.07, 6.45) is 1.83. The van der Waals surface area contributed by atoms with E-state index in [-0.39, 0.29) is 23.2 Å². The molecule has 0 unspecified atom stereocenters. The molecule has 0 aliphatic rings. The highest BCUT2D eigenvalue weighted by molar-refractivity contribution is 9.11. The Balaban J connectivity index is 3.00. The molecule has 0 amide bonds. The number of nitrogens with zero attached hydrogens (tertiary/aromatic N) is 1. The number of rotatable bonds is 6. The zero-order valence-electron chi connectivity index (χ0n) is 10.9. The molecule has 0 bridgehead atoms. The molecule has 2 atom stereocenters. The van der Waals surface area contributed by atoms with E-state index in [9.17, 15) is 14.9 Å². The second kappa shape index (κ2) is 7.19. The summed E-state index contributed by atoms with van der Waals surface area (Å²) in [5.74, 6) is -0.877. The maximum Gasteiger partial charge on any atom is 0.211 e. The fourth-order valence-electron chi connectivity index (χ4n) is 1.74. The van der Waals surface area contributed by atoms with Gasteiger partial charge in [-0.25, -0.2) is 0 Å². The summed E-state index contributed by atoms with van der Waals surface area (Å²) in [6.45, 7) is 2.92. The lowest BCUT2D eigenvalue weighted by molar-refractivity contribution is -0.487. The Bertz CT molecular complexity index is 485. The molecule has 0 N–H and O–H groups in total. The lowest BCUT2D eigenvalue weighted by Gasteiger charge is -2.18. The van der Waals surface area contributed by atoms with Crippen molar-refractivity contribution in [1.82, 2.24) is 0 Å². The Morgan fingerprint density at radius 2 is 2.00 bits per heavy atom. The third kappa shape index (κ3) is 4.95. The van der Waals surface area contributed by atoms with Crippen LogP contribution >= 0.6 is 15.9 Å². The summed E-state index contributed by atoms with van der Waals surface area (Å²) < 4.78 is 0.679. The Labute approximate surface area is 120 Å². The molecular weight excluding hydrogens is 310 g/mol. The number of hydrogen-bond acceptors (Lipinski definition) is 3. The molecule has 4 nitrogen and oxygen atoms in total. The van der Waals surface area contributed by atoms with Crippen molar-refractivity contribution in [3.8, 4) is 0 Å². The third-order valence-corrected chi connectivity index (χ3v) is 3.87. The number of carbonyl (C=O) groups excluding carboxylic acids is 1. The van der Waals surface area contributed by atoms with Gasteiger partial charge >= 0.3 is 0 Å². The van der Waals surface area contributed by atoms with Gasteiger partial charge in [0.15, 0.2) is 0 Å². The Morgan fingerprint density at radius 3 is 2.47 bits per heavy atom. The summed E-state index contributed by atoms with van der Waals surface area (Å²) in [7, 11) is 0. The number of hydrogen-bond donors (Lipinski definition) is 0. The summed E-state index contributed by atoms with van der Waals surface area (Å²) in [5, 5.41) is 10.7. The van der Waals surface area contributed by atoms with Gasteiger partial charge in [-0.15, -0.1) is 0 Å². The minimum atomic E-state index is -0.437. The second-order valence-corrected chi connectivity index (χ2v) is 5.38. The predicted molar refractivity (Wildman–Crippen MR) is 78.5 cm³/mol. The van der Waals surface area contributed by atoms with Crippen LogP contribution in [0.5, 0.6) is 0 Å². The molecule has 19 heavy (non-hydrogen) atoms. The first-order chi connectivity index (χ1) is 8.91. The first-order valence-electron chi connectivity index (χ1n) is 5.96. The van der Waals surface area contributed by atoms with Crippen molar-refractivity contribution in [2.24, 2.45) is 11.8 Å². The number of halogens is 1. The Hall–Kier alpha value is -1.49. The quantitative estimate of drug-likeness (QED) is 0.593. The topological polar surface area (TPSA) is 60.2 Å². The second-order valence-electron chi connectivity index (χ2n) is 4.46. The average Bonchev–Trinajstić information content (AvgIpc) is 2.35. The van der Waals surface area contributed by atoms with Gasteiger partial charge in [0.05, 0.1) is 5.92 Å². The molecule has 0 spiro atoms. The molecule has 5 heteroatoms. The number of ketones is 1. The van der Waals surface area contributed by atoms with Crippen LogP contribution in [-0.4, -0.2) is 17.3 Å². The van der Waals surface area contributed by atoms with Crippen LogP contribution in [0.15, 0.2) is 34.8 Å². The fourth-order valence-corrected chi connectivity index (χ4v) is 2.55. The molecule has 102 valence electrons. The largest absolute Gasteiger partial charge is 0.300 e. The number of carbonyl (C=O) groups is 1. The molecule has 0 aromatic heterocycles. The van der Waals surface area contributed by atoms with E-state index in [2.05, 4.69) is 15.9 Å². The summed E-state index contributed by atoms with van der Waals surface area (Å²) >= 11 is 3.38. The van der Waals surface area contributed by atoms with Gasteiger partial charge in [-0.3, -0.25) is 14.9 Å². The first-order valence-corrected chi connectivity index (χ1v) is 6.75. The molecule has 0 saturated carbocycles. The first kappa shape index (κ1) is 15.6. The van der Waals surface area contributed by atoms with E-state index in [1.165, 1.54) is 6.92 Å². The van der Waals surface area contributed by atoms with Crippen molar-refractivity contribution in [3.63, 3.8) is 0 Å². The molecule has 0 fully saturated rings. The van der Waals surface area contributed by atoms with Crippen LogP contribution in [0.25, 0.3) is 6.08 Å². The summed E-state index contributed by atoms with van der Waals surface area (Å²) in [6, 6.07) is 9.50. The van der Waals surface area contributed by atoms with Crippen molar-refractivity contribution in [2.75, 3.05) is 6.54 Å². The molecule has 0 aliphatic carbocycles. The van der Waals surface area contributed by atoms with Gasteiger partial charge in [0, 0.05) is 15.3 Å². The molecule has 0 saturated heterocycles. The predicted octanol–water partition coefficient (Wildman–Crippen LogP) is 3.54. The van der Waals surface area contributed by atoms with Gasteiger partial charge < -0.3 is 0 Å². The fraction of sp³-hybridized carbons (Fsp3) is 0.357. The van der Waals surface area contributed by atoms with Crippen molar-refractivity contribution in [1.29, 1.82) is 0 Å². The van der Waals surface area contributed by atoms with Crippen molar-refractivity contribution in [3.05, 3.63) is 50.5 Å². The minimum absolute atomic E-state index is 0.0507. The van der Waals surface area contributed by atoms with Gasteiger partial charge in [-0.2, -0.15) is 0 Å². The van der Waals surface area contributed by atoms with E-state index >= 15 is 0 Å². The van der Waals surface area contributed by atoms with Crippen LogP contribution < -0.4 is 0 Å². The standard InChI is InChI=1S/C14H16BrNO3/c1-10(11(2)17)13(9-16(18)19)14(15)8-12-6-4-3-5-7-12/h3-8,10,13H,9H2,1-2H3/b14-8-/t10-,13-/m1/s1. The number of benzene rings is 1. The smallest absolute Gasteiger partial charge is 0.211 e. The molecule has 0 radical (unpaired) electrons. The van der Waals surface area contributed by atoms with Gasteiger partial charge in [-0.05, 0) is 18.6 Å². The normalized spacial score (nSPS) is 14.8. The third-order valence-electron chi connectivity index (χ3n) is 3.05. The van der Waals surface area contributed by atoms with Gasteiger partial charge in [-0.1, -0.05) is 53.2 Å². The monoisotopic (exact) mass is 325 g/mol. The highest BCUT2D eigenvalue weighted by Gasteiger charge is 2.28. The summed E-state index contributed by atoms with van der Waals surface area (Å²) in [4.78, 5) is 21.8. The van der Waals surface area contributed by atoms with E-state index in [0.717, 1.165) is 5.56 Å². The molecule has 1 aromatic carbocycles. The molecule has 1 aromatic rings. The Kier molecular flexibility index (Phi) is 5.89. The van der Waals surface area contributed by atoms with E-state index < -0.39 is 5.92 Å². The SMILES string of the molecule is CC(=O)[C@@H](C)[C@@H](C[N+](=O)[O-])/C(Br)=C/c1ccccc1. The minimum Gasteiger partial charge on any atom is -0.300 e. The van der Waals surface area contributed by atoms with Crippen molar-refractivity contribution >= 4 is 27.8 Å². The van der Waals surface area contributed by atoms with Crippen LogP contribution in [0.2, 0.25) is 0 Å². The lowest BCUT2D eigenvalue weighted by Crippen LogP contribution is -2.26. The Morgan fingerprint density at radius 1 is 1.42 bits per heavy atom. The van der Waals surface area contributed by atoms with E-state index in [0.29, 0.717) is 4.48 Å². The zero-order chi connectivity index (χ0) is 14.4. The highest BCUT2D eigenvalue weighted by Crippen LogP contribution is 2.28. The molecule has 1 rings (SSSR count). The van der Waals surface area contributed by atoms with Gasteiger partial charge in [0.2, 0.25) is 6.54 Å². The van der Waals surface area contributed by atoms with Crippen molar-refractivity contribution in [2.45, 2.75) is 13.8 Å².